The van der Waals surface area contributed by atoms with E-state index in [9.17, 15) is 4.79 Å². The number of nitrogens with two attached hydrogens (primary N) is 1. The minimum Gasteiger partial charge on any atom is -0.397 e. The van der Waals surface area contributed by atoms with E-state index in [1.165, 1.54) is 9.13 Å². The van der Waals surface area contributed by atoms with Gasteiger partial charge in [0.15, 0.2) is 5.65 Å². The Hall–Kier alpha value is -1.78. The molecule has 2 aromatic heterocycles. The molecule has 2 heterocycles. The molecule has 2 aromatic rings. The van der Waals surface area contributed by atoms with Gasteiger partial charge in [-0.15, -0.1) is 0 Å². The van der Waals surface area contributed by atoms with Crippen molar-refractivity contribution in [1.29, 1.82) is 0 Å². The summed E-state index contributed by atoms with van der Waals surface area (Å²) >= 11 is 0. The van der Waals surface area contributed by atoms with Crippen LogP contribution < -0.4 is 11.4 Å². The van der Waals surface area contributed by atoms with Crippen molar-refractivity contribution in [2.24, 2.45) is 14.1 Å². The van der Waals surface area contributed by atoms with E-state index in [-0.39, 0.29) is 5.69 Å². The van der Waals surface area contributed by atoms with Gasteiger partial charge in [-0.05, 0) is 6.07 Å². The molecule has 0 saturated heterocycles. The standard InChI is InChI=1S/C8H10N4O/c1-11-6-3-5(9)4-10-7(6)12(2)8(11)13/h3-4H,9H2,1-2H3. The number of imidazole rings is 1. The highest BCUT2D eigenvalue weighted by atomic mass is 16.1. The second kappa shape index (κ2) is 2.35. The molecule has 0 aliphatic heterocycles. The molecule has 0 radical (unpaired) electrons. The fourth-order valence-corrected chi connectivity index (χ4v) is 1.39. The molecule has 0 aliphatic rings. The zero-order valence-electron chi connectivity index (χ0n) is 7.48. The quantitative estimate of drug-likeness (QED) is 0.610. The molecule has 5 heteroatoms. The Balaban J connectivity index is 3.04. The molecule has 2 rings (SSSR count). The fraction of sp³-hybridized carbons (Fsp3) is 0.250. The molecule has 13 heavy (non-hydrogen) atoms. The average Bonchev–Trinajstić information content (AvgIpc) is 2.32. The molecule has 0 bridgehead atoms. The molecule has 0 fully saturated rings. The number of hydrogen-bond acceptors (Lipinski definition) is 3. The molecule has 0 spiro atoms. The van der Waals surface area contributed by atoms with Crippen LogP contribution >= 0.6 is 0 Å². The normalized spacial score (nSPS) is 10.9. The summed E-state index contributed by atoms with van der Waals surface area (Å²) in [5.41, 5.74) is 7.45. The topological polar surface area (TPSA) is 65.8 Å². The average molecular weight is 178 g/mol. The zero-order chi connectivity index (χ0) is 9.59. The van der Waals surface area contributed by atoms with E-state index in [4.69, 9.17) is 5.73 Å². The summed E-state index contributed by atoms with van der Waals surface area (Å²) in [6.07, 6.45) is 1.54. The molecule has 5 nitrogen and oxygen atoms in total. The Bertz CT molecular complexity index is 523. The van der Waals surface area contributed by atoms with Gasteiger partial charge in [0.25, 0.3) is 0 Å². The Kier molecular flexibility index (Phi) is 1.42. The lowest BCUT2D eigenvalue weighted by molar-refractivity contribution is 0.791. The maximum Gasteiger partial charge on any atom is 0.329 e. The van der Waals surface area contributed by atoms with Crippen molar-refractivity contribution < 1.29 is 0 Å². The summed E-state index contributed by atoms with van der Waals surface area (Å²) in [6.45, 7) is 0. The lowest BCUT2D eigenvalue weighted by atomic mass is 10.4. The van der Waals surface area contributed by atoms with Crippen LogP contribution in [0, 0.1) is 0 Å². The van der Waals surface area contributed by atoms with Gasteiger partial charge in [0.2, 0.25) is 0 Å². The van der Waals surface area contributed by atoms with Crippen molar-refractivity contribution in [3.63, 3.8) is 0 Å². The van der Waals surface area contributed by atoms with Crippen LogP contribution in [0.5, 0.6) is 0 Å². The minimum absolute atomic E-state index is 0.0897. The van der Waals surface area contributed by atoms with Gasteiger partial charge in [-0.25, -0.2) is 9.78 Å². The summed E-state index contributed by atoms with van der Waals surface area (Å²) in [4.78, 5) is 15.5. The lowest BCUT2D eigenvalue weighted by Crippen LogP contribution is -2.19. The van der Waals surface area contributed by atoms with Crippen LogP contribution in [0.2, 0.25) is 0 Å². The van der Waals surface area contributed by atoms with Crippen LogP contribution in [0.25, 0.3) is 11.2 Å². The van der Waals surface area contributed by atoms with Crippen molar-refractivity contribution in [1.82, 2.24) is 14.1 Å². The van der Waals surface area contributed by atoms with E-state index < -0.39 is 0 Å². The van der Waals surface area contributed by atoms with Crippen LogP contribution in [0.15, 0.2) is 17.1 Å². The number of aromatic nitrogens is 3. The van der Waals surface area contributed by atoms with E-state index in [1.807, 2.05) is 0 Å². The van der Waals surface area contributed by atoms with Gasteiger partial charge >= 0.3 is 5.69 Å². The number of anilines is 1. The Morgan fingerprint density at radius 1 is 1.38 bits per heavy atom. The van der Waals surface area contributed by atoms with Gasteiger partial charge in [-0.2, -0.15) is 0 Å². The molecule has 0 atom stereocenters. The second-order valence-corrected chi connectivity index (χ2v) is 3.01. The fourth-order valence-electron chi connectivity index (χ4n) is 1.39. The first kappa shape index (κ1) is 7.85. The molecule has 2 N–H and O–H groups in total. The highest BCUT2D eigenvalue weighted by Gasteiger charge is 2.07. The maximum absolute atomic E-state index is 11.4. The third kappa shape index (κ3) is 0.932. The zero-order valence-corrected chi connectivity index (χ0v) is 7.48. The monoisotopic (exact) mass is 178 g/mol. The van der Waals surface area contributed by atoms with E-state index in [0.29, 0.717) is 11.3 Å². The number of nitrogen functional groups attached to an aromatic ring is 1. The predicted molar refractivity (Wildman–Crippen MR) is 50.4 cm³/mol. The summed E-state index contributed by atoms with van der Waals surface area (Å²) in [5.74, 6) is 0. The van der Waals surface area contributed by atoms with Crippen molar-refractivity contribution in [3.05, 3.63) is 22.7 Å². The number of hydrogen-bond donors (Lipinski definition) is 1. The van der Waals surface area contributed by atoms with Gasteiger partial charge in [-0.3, -0.25) is 9.13 Å². The van der Waals surface area contributed by atoms with Crippen LogP contribution in [0.4, 0.5) is 5.69 Å². The highest BCUT2D eigenvalue weighted by molar-refractivity contribution is 5.74. The van der Waals surface area contributed by atoms with Gasteiger partial charge in [0, 0.05) is 14.1 Å². The van der Waals surface area contributed by atoms with Crippen LogP contribution in [-0.2, 0) is 14.1 Å². The summed E-state index contributed by atoms with van der Waals surface area (Å²) in [5, 5.41) is 0. The van der Waals surface area contributed by atoms with Gasteiger partial charge < -0.3 is 5.73 Å². The van der Waals surface area contributed by atoms with Crippen molar-refractivity contribution in [3.8, 4) is 0 Å². The van der Waals surface area contributed by atoms with E-state index in [0.717, 1.165) is 5.52 Å². The van der Waals surface area contributed by atoms with Gasteiger partial charge in [0.05, 0.1) is 17.4 Å². The molecular formula is C8H10N4O. The maximum atomic E-state index is 11.4. The molecular weight excluding hydrogens is 168 g/mol. The number of fused-ring (bicyclic) bond motifs is 1. The van der Waals surface area contributed by atoms with Gasteiger partial charge in [-0.1, -0.05) is 0 Å². The Morgan fingerprint density at radius 3 is 2.77 bits per heavy atom. The van der Waals surface area contributed by atoms with E-state index in [2.05, 4.69) is 4.98 Å². The third-order valence-electron chi connectivity index (χ3n) is 2.12. The molecule has 0 amide bonds. The third-order valence-corrected chi connectivity index (χ3v) is 2.12. The Morgan fingerprint density at radius 2 is 2.08 bits per heavy atom. The molecule has 0 saturated carbocycles. The molecule has 0 unspecified atom stereocenters. The first-order valence-electron chi connectivity index (χ1n) is 3.88. The predicted octanol–water partition coefficient (Wildman–Crippen LogP) is -0.146. The van der Waals surface area contributed by atoms with Gasteiger partial charge in [0.1, 0.15) is 0 Å². The van der Waals surface area contributed by atoms with Crippen LogP contribution in [0.3, 0.4) is 0 Å². The molecule has 68 valence electrons. The highest BCUT2D eigenvalue weighted by Crippen LogP contribution is 2.11. The smallest absolute Gasteiger partial charge is 0.329 e. The van der Waals surface area contributed by atoms with E-state index in [1.54, 1.807) is 26.4 Å². The largest absolute Gasteiger partial charge is 0.397 e. The van der Waals surface area contributed by atoms with Crippen molar-refractivity contribution >= 4 is 16.9 Å². The number of nitrogens with zero attached hydrogens (tertiary/aromatic N) is 3. The summed E-state index contributed by atoms with van der Waals surface area (Å²) in [6, 6.07) is 1.74. The molecule has 0 aliphatic carbocycles. The first-order chi connectivity index (χ1) is 6.11. The first-order valence-corrected chi connectivity index (χ1v) is 3.88. The molecule has 0 aromatic carbocycles. The van der Waals surface area contributed by atoms with E-state index >= 15 is 0 Å². The second-order valence-electron chi connectivity index (χ2n) is 3.01. The van der Waals surface area contributed by atoms with Crippen LogP contribution in [0.1, 0.15) is 0 Å². The van der Waals surface area contributed by atoms with Crippen molar-refractivity contribution in [2.75, 3.05) is 5.73 Å². The Labute approximate surface area is 74.4 Å². The van der Waals surface area contributed by atoms with Crippen LogP contribution in [-0.4, -0.2) is 14.1 Å². The number of aryl methyl sites for hydroxylation is 2. The number of pyridine rings is 1. The SMILES string of the molecule is Cn1c(=O)n(C)c2ncc(N)cc21. The summed E-state index contributed by atoms with van der Waals surface area (Å²) < 4.78 is 3.02. The number of rotatable bonds is 0. The minimum atomic E-state index is -0.0897. The lowest BCUT2D eigenvalue weighted by Gasteiger charge is -1.94. The summed E-state index contributed by atoms with van der Waals surface area (Å²) in [7, 11) is 3.39. The van der Waals surface area contributed by atoms with Crippen molar-refractivity contribution in [2.45, 2.75) is 0 Å².